The van der Waals surface area contributed by atoms with Gasteiger partial charge in [-0.1, -0.05) is 84.9 Å². The van der Waals surface area contributed by atoms with Gasteiger partial charge in [-0.25, -0.2) is 0 Å². The Bertz CT molecular complexity index is 943. The minimum absolute atomic E-state index is 0.247. The van der Waals surface area contributed by atoms with Gasteiger partial charge in [0.25, 0.3) is 0 Å². The van der Waals surface area contributed by atoms with Crippen LogP contribution in [-0.2, 0) is 12.8 Å². The molecule has 1 heteroatoms. The average Bonchev–Trinajstić information content (AvgIpc) is 3.15. The molecule has 1 N–H and O–H groups in total. The first-order valence-corrected chi connectivity index (χ1v) is 8.89. The summed E-state index contributed by atoms with van der Waals surface area (Å²) in [6.07, 6.45) is 3.63. The van der Waals surface area contributed by atoms with Crippen LogP contribution in [0.3, 0.4) is 0 Å². The zero-order valence-corrected chi connectivity index (χ0v) is 14.0. The highest BCUT2D eigenvalue weighted by molar-refractivity contribution is 5.90. The maximum Gasteiger partial charge on any atom is 0.0899 e. The van der Waals surface area contributed by atoms with Crippen molar-refractivity contribution in [3.63, 3.8) is 0 Å². The molecule has 1 atom stereocenters. The molecule has 0 aromatic heterocycles. The van der Waals surface area contributed by atoms with Gasteiger partial charge in [0.2, 0.25) is 0 Å². The van der Waals surface area contributed by atoms with Gasteiger partial charge in [-0.15, -0.1) is 0 Å². The summed E-state index contributed by atoms with van der Waals surface area (Å²) in [5, 5.41) is 11.3. The molecule has 1 nitrogen and oxygen atoms in total. The first-order chi connectivity index (χ1) is 12.3. The lowest BCUT2D eigenvalue weighted by molar-refractivity contribution is 0.0808. The van der Waals surface area contributed by atoms with Crippen LogP contribution in [0.5, 0.6) is 0 Å². The van der Waals surface area contributed by atoms with Crippen LogP contribution in [-0.4, -0.2) is 5.11 Å². The van der Waals surface area contributed by atoms with Crippen molar-refractivity contribution in [3.8, 4) is 0 Å². The Morgan fingerprint density at radius 2 is 1.36 bits per heavy atom. The molecule has 122 valence electrons. The molecule has 3 aromatic carbocycles. The Morgan fingerprint density at radius 1 is 0.760 bits per heavy atom. The van der Waals surface area contributed by atoms with E-state index < -0.39 is 6.10 Å². The molecule has 0 bridgehead atoms. The van der Waals surface area contributed by atoms with E-state index in [0.29, 0.717) is 0 Å². The molecule has 3 aromatic rings. The Kier molecular flexibility index (Phi) is 3.19. The summed E-state index contributed by atoms with van der Waals surface area (Å²) in [7, 11) is 0. The summed E-state index contributed by atoms with van der Waals surface area (Å²) < 4.78 is 0. The molecule has 0 radical (unpaired) electrons. The van der Waals surface area contributed by atoms with E-state index in [0.717, 1.165) is 18.4 Å². The van der Waals surface area contributed by atoms with Crippen LogP contribution in [0.2, 0.25) is 0 Å². The Hall–Kier alpha value is -2.64. The Morgan fingerprint density at radius 3 is 2.08 bits per heavy atom. The van der Waals surface area contributed by atoms with Gasteiger partial charge in [-0.3, -0.25) is 0 Å². The van der Waals surface area contributed by atoms with Crippen molar-refractivity contribution in [2.75, 3.05) is 0 Å². The second-order valence-electron chi connectivity index (χ2n) is 7.24. The molecule has 0 saturated carbocycles. The number of aliphatic hydroxyl groups excluding tert-OH is 1. The fourth-order valence-corrected chi connectivity index (χ4v) is 4.66. The molecular weight excluding hydrogens is 304 g/mol. The summed E-state index contributed by atoms with van der Waals surface area (Å²) >= 11 is 0. The fraction of sp³-hybridized carbons (Fsp3) is 0.167. The number of hydrogen-bond acceptors (Lipinski definition) is 1. The van der Waals surface area contributed by atoms with Crippen molar-refractivity contribution in [2.45, 2.75) is 18.9 Å². The molecule has 2 aliphatic rings. The molecule has 25 heavy (non-hydrogen) atoms. The van der Waals surface area contributed by atoms with E-state index in [1.54, 1.807) is 0 Å². The lowest BCUT2D eigenvalue weighted by Crippen LogP contribution is -2.26. The smallest absolute Gasteiger partial charge is 0.0899 e. The number of rotatable bonds is 1. The molecule has 0 fully saturated rings. The van der Waals surface area contributed by atoms with E-state index in [4.69, 9.17) is 0 Å². The number of hydrogen-bond donors (Lipinski definition) is 1. The van der Waals surface area contributed by atoms with E-state index in [1.807, 2.05) is 12.1 Å². The lowest BCUT2D eigenvalue weighted by Gasteiger charge is -2.30. The van der Waals surface area contributed by atoms with Crippen molar-refractivity contribution < 1.29 is 5.11 Å². The molecule has 1 unspecified atom stereocenters. The van der Waals surface area contributed by atoms with Gasteiger partial charge in [0.15, 0.2) is 0 Å². The van der Waals surface area contributed by atoms with Crippen molar-refractivity contribution in [2.24, 2.45) is 5.41 Å². The lowest BCUT2D eigenvalue weighted by atomic mass is 9.75. The summed E-state index contributed by atoms with van der Waals surface area (Å²) in [5.74, 6) is 0. The monoisotopic (exact) mass is 324 g/mol. The van der Waals surface area contributed by atoms with Crippen molar-refractivity contribution in [3.05, 3.63) is 107 Å². The van der Waals surface area contributed by atoms with Gasteiger partial charge >= 0.3 is 0 Å². The fourth-order valence-electron chi connectivity index (χ4n) is 4.66. The third kappa shape index (κ3) is 2.13. The third-order valence-electron chi connectivity index (χ3n) is 5.85. The minimum Gasteiger partial charge on any atom is -0.387 e. The predicted molar refractivity (Wildman–Crippen MR) is 102 cm³/mol. The van der Waals surface area contributed by atoms with Gasteiger partial charge in [0.1, 0.15) is 0 Å². The molecule has 0 saturated heterocycles. The zero-order chi connectivity index (χ0) is 16.9. The summed E-state index contributed by atoms with van der Waals surface area (Å²) in [6, 6.07) is 27.4. The van der Waals surface area contributed by atoms with E-state index in [9.17, 15) is 5.11 Å². The Labute approximate surface area is 148 Å². The SMILES string of the molecule is OC1c2ccccc2C(=Cc2ccccc2)C12Cc1ccccc1C2. The van der Waals surface area contributed by atoms with Gasteiger partial charge < -0.3 is 5.11 Å². The average molecular weight is 324 g/mol. The second kappa shape index (κ2) is 5.44. The van der Waals surface area contributed by atoms with E-state index in [1.165, 1.54) is 27.8 Å². The first-order valence-electron chi connectivity index (χ1n) is 8.89. The molecular formula is C24H20O. The number of benzene rings is 3. The predicted octanol–water partition coefficient (Wildman–Crippen LogP) is 5.06. The topological polar surface area (TPSA) is 20.2 Å². The van der Waals surface area contributed by atoms with Crippen molar-refractivity contribution >= 4 is 11.6 Å². The summed E-state index contributed by atoms with van der Waals surface area (Å²) in [4.78, 5) is 0. The zero-order valence-electron chi connectivity index (χ0n) is 14.0. The van der Waals surface area contributed by atoms with Gasteiger partial charge in [0.05, 0.1) is 6.10 Å². The molecule has 5 rings (SSSR count). The molecule has 0 heterocycles. The highest BCUT2D eigenvalue weighted by Crippen LogP contribution is 2.60. The largest absolute Gasteiger partial charge is 0.387 e. The van der Waals surface area contributed by atoms with Crippen molar-refractivity contribution in [1.82, 2.24) is 0 Å². The highest BCUT2D eigenvalue weighted by Gasteiger charge is 2.52. The van der Waals surface area contributed by atoms with E-state index in [2.05, 4.69) is 72.8 Å². The molecule has 0 aliphatic heterocycles. The van der Waals surface area contributed by atoms with E-state index >= 15 is 0 Å². The van der Waals surface area contributed by atoms with Crippen LogP contribution in [0, 0.1) is 5.41 Å². The van der Waals surface area contributed by atoms with Gasteiger partial charge in [0, 0.05) is 5.41 Å². The maximum atomic E-state index is 11.3. The van der Waals surface area contributed by atoms with Crippen LogP contribution < -0.4 is 0 Å². The van der Waals surface area contributed by atoms with Crippen LogP contribution in [0.1, 0.15) is 33.9 Å². The number of aliphatic hydroxyl groups is 1. The summed E-state index contributed by atoms with van der Waals surface area (Å²) in [5.41, 5.74) is 7.23. The standard InChI is InChI=1S/C24H20O/c25-23-21-13-7-6-12-20(21)22(14-17-8-2-1-3-9-17)24(23)15-18-10-4-5-11-19(18)16-24/h1-14,23,25H,15-16H2. The van der Waals surface area contributed by atoms with Crippen LogP contribution in [0.25, 0.3) is 11.6 Å². The highest BCUT2D eigenvalue weighted by atomic mass is 16.3. The van der Waals surface area contributed by atoms with Gasteiger partial charge in [-0.2, -0.15) is 0 Å². The van der Waals surface area contributed by atoms with Crippen molar-refractivity contribution in [1.29, 1.82) is 0 Å². The molecule has 1 spiro atoms. The minimum atomic E-state index is -0.453. The molecule has 0 amide bonds. The normalized spacial score (nSPS) is 21.5. The van der Waals surface area contributed by atoms with Crippen LogP contribution in [0.15, 0.2) is 78.9 Å². The quantitative estimate of drug-likeness (QED) is 0.663. The first kappa shape index (κ1) is 14.7. The Balaban J connectivity index is 1.72. The summed E-state index contributed by atoms with van der Waals surface area (Å²) in [6.45, 7) is 0. The van der Waals surface area contributed by atoms with E-state index in [-0.39, 0.29) is 5.41 Å². The van der Waals surface area contributed by atoms with Crippen LogP contribution >= 0.6 is 0 Å². The van der Waals surface area contributed by atoms with Crippen LogP contribution in [0.4, 0.5) is 0 Å². The van der Waals surface area contributed by atoms with Gasteiger partial charge in [-0.05, 0) is 46.2 Å². The second-order valence-corrected chi connectivity index (χ2v) is 7.24. The number of fused-ring (bicyclic) bond motifs is 2. The third-order valence-corrected chi connectivity index (χ3v) is 5.85. The molecule has 2 aliphatic carbocycles. The maximum absolute atomic E-state index is 11.3.